The van der Waals surface area contributed by atoms with E-state index >= 15 is 0 Å². The molecule has 0 bridgehead atoms. The second-order valence-electron chi connectivity index (χ2n) is 6.65. The second-order valence-corrected chi connectivity index (χ2v) is 6.65. The fourth-order valence-electron chi connectivity index (χ4n) is 3.43. The molecule has 1 atom stereocenters. The molecule has 1 aliphatic heterocycles. The first kappa shape index (κ1) is 14.8. The van der Waals surface area contributed by atoms with Gasteiger partial charge in [0.05, 0.1) is 17.1 Å². The molecule has 2 aliphatic rings. The Balaban J connectivity index is 1.87. The number of carboxylic acid groups (broad SMARTS) is 1. The molecule has 1 saturated heterocycles. The van der Waals surface area contributed by atoms with Crippen molar-refractivity contribution in [2.75, 3.05) is 19.6 Å². The summed E-state index contributed by atoms with van der Waals surface area (Å²) in [6.45, 7) is 3.89. The Bertz CT molecular complexity index is 334. The smallest absolute Gasteiger partial charge is 0.306 e. The Morgan fingerprint density at radius 1 is 1.26 bits per heavy atom. The molecule has 0 amide bonds. The van der Waals surface area contributed by atoms with Gasteiger partial charge in [0.15, 0.2) is 0 Å². The lowest BCUT2D eigenvalue weighted by molar-refractivity contribution is -0.145. The molecular formula is C14H25NO4. The van der Waals surface area contributed by atoms with Gasteiger partial charge in [-0.05, 0) is 52.0 Å². The maximum absolute atomic E-state index is 10.9. The topological polar surface area (TPSA) is 81.0 Å². The van der Waals surface area contributed by atoms with Gasteiger partial charge in [0.2, 0.25) is 0 Å². The van der Waals surface area contributed by atoms with Gasteiger partial charge in [-0.2, -0.15) is 0 Å². The zero-order chi connectivity index (χ0) is 14.1. The number of carbonyl (C=O) groups is 1. The SMILES string of the molecule is CC1(O)CCCN(CC2(O)CCC(C(=O)O)CC2)C1. The van der Waals surface area contributed by atoms with Gasteiger partial charge in [-0.1, -0.05) is 0 Å². The summed E-state index contributed by atoms with van der Waals surface area (Å²) in [5.41, 5.74) is -1.44. The van der Waals surface area contributed by atoms with E-state index in [0.29, 0.717) is 38.8 Å². The maximum Gasteiger partial charge on any atom is 0.306 e. The second kappa shape index (κ2) is 5.38. The molecule has 0 spiro atoms. The van der Waals surface area contributed by atoms with Crippen LogP contribution in [-0.4, -0.2) is 57.0 Å². The molecule has 2 fully saturated rings. The standard InChI is InChI=1S/C14H25NO4/c1-13(18)5-2-8-15(9-13)10-14(19)6-3-11(4-7-14)12(16)17/h11,18-19H,2-10H2,1H3,(H,16,17). The molecule has 1 aliphatic carbocycles. The first-order chi connectivity index (χ1) is 8.80. The van der Waals surface area contributed by atoms with E-state index in [1.54, 1.807) is 0 Å². The van der Waals surface area contributed by atoms with Gasteiger partial charge in [0.25, 0.3) is 0 Å². The van der Waals surface area contributed by atoms with Crippen LogP contribution in [-0.2, 0) is 4.79 Å². The van der Waals surface area contributed by atoms with Crippen molar-refractivity contribution in [1.82, 2.24) is 4.90 Å². The van der Waals surface area contributed by atoms with Crippen LogP contribution in [0.3, 0.4) is 0 Å². The van der Waals surface area contributed by atoms with Gasteiger partial charge in [0, 0.05) is 13.1 Å². The lowest BCUT2D eigenvalue weighted by Crippen LogP contribution is -2.53. The maximum atomic E-state index is 10.9. The van der Waals surface area contributed by atoms with E-state index in [1.165, 1.54) is 0 Å². The van der Waals surface area contributed by atoms with Crippen LogP contribution < -0.4 is 0 Å². The number of aliphatic hydroxyl groups is 2. The highest BCUT2D eigenvalue weighted by atomic mass is 16.4. The Kier molecular flexibility index (Phi) is 4.18. The van der Waals surface area contributed by atoms with E-state index < -0.39 is 17.2 Å². The van der Waals surface area contributed by atoms with E-state index in [0.717, 1.165) is 19.4 Å². The van der Waals surface area contributed by atoms with E-state index in [-0.39, 0.29) is 5.92 Å². The summed E-state index contributed by atoms with van der Waals surface area (Å²) in [5, 5.41) is 29.6. The van der Waals surface area contributed by atoms with Gasteiger partial charge in [0.1, 0.15) is 0 Å². The third kappa shape index (κ3) is 3.91. The molecule has 1 heterocycles. The number of carboxylic acids is 1. The van der Waals surface area contributed by atoms with Crippen molar-refractivity contribution in [3.05, 3.63) is 0 Å². The van der Waals surface area contributed by atoms with Gasteiger partial charge < -0.3 is 15.3 Å². The molecular weight excluding hydrogens is 246 g/mol. The van der Waals surface area contributed by atoms with Crippen molar-refractivity contribution in [2.24, 2.45) is 5.92 Å². The molecule has 110 valence electrons. The number of likely N-dealkylation sites (tertiary alicyclic amines) is 1. The lowest BCUT2D eigenvalue weighted by atomic mass is 9.78. The van der Waals surface area contributed by atoms with Crippen LogP contribution >= 0.6 is 0 Å². The highest BCUT2D eigenvalue weighted by molar-refractivity contribution is 5.70. The van der Waals surface area contributed by atoms with Crippen LogP contribution in [0.4, 0.5) is 0 Å². The highest BCUT2D eigenvalue weighted by Gasteiger charge is 2.39. The zero-order valence-electron chi connectivity index (χ0n) is 11.6. The van der Waals surface area contributed by atoms with Gasteiger partial charge in [-0.25, -0.2) is 0 Å². The summed E-state index contributed by atoms with van der Waals surface area (Å²) in [7, 11) is 0. The van der Waals surface area contributed by atoms with Crippen LogP contribution in [0, 0.1) is 5.92 Å². The van der Waals surface area contributed by atoms with E-state index in [1.807, 2.05) is 6.92 Å². The Morgan fingerprint density at radius 3 is 2.42 bits per heavy atom. The molecule has 1 unspecified atom stereocenters. The zero-order valence-corrected chi connectivity index (χ0v) is 11.6. The number of aliphatic carboxylic acids is 1. The van der Waals surface area contributed by atoms with Crippen LogP contribution in [0.1, 0.15) is 45.4 Å². The first-order valence-corrected chi connectivity index (χ1v) is 7.20. The van der Waals surface area contributed by atoms with E-state index in [9.17, 15) is 15.0 Å². The van der Waals surface area contributed by atoms with Crippen LogP contribution in [0.15, 0.2) is 0 Å². The number of nitrogens with zero attached hydrogens (tertiary/aromatic N) is 1. The normalized spacial score (nSPS) is 41.1. The quantitative estimate of drug-likeness (QED) is 0.708. The van der Waals surface area contributed by atoms with Crippen LogP contribution in [0.25, 0.3) is 0 Å². The molecule has 0 aromatic rings. The van der Waals surface area contributed by atoms with E-state index in [4.69, 9.17) is 5.11 Å². The number of piperidine rings is 1. The predicted molar refractivity (Wildman–Crippen MR) is 70.8 cm³/mol. The fourth-order valence-corrected chi connectivity index (χ4v) is 3.43. The van der Waals surface area contributed by atoms with E-state index in [2.05, 4.69) is 4.90 Å². The monoisotopic (exact) mass is 271 g/mol. The summed E-state index contributed by atoms with van der Waals surface area (Å²) in [6, 6.07) is 0. The molecule has 0 radical (unpaired) electrons. The third-order valence-corrected chi connectivity index (χ3v) is 4.54. The average Bonchev–Trinajstić information content (AvgIpc) is 2.27. The first-order valence-electron chi connectivity index (χ1n) is 7.20. The lowest BCUT2D eigenvalue weighted by Gasteiger charge is -2.43. The van der Waals surface area contributed by atoms with Gasteiger partial charge >= 0.3 is 5.97 Å². The molecule has 2 rings (SSSR count). The van der Waals surface area contributed by atoms with Crippen molar-refractivity contribution in [3.63, 3.8) is 0 Å². The summed E-state index contributed by atoms with van der Waals surface area (Å²) in [5.74, 6) is -1.05. The van der Waals surface area contributed by atoms with Gasteiger partial charge in [-0.3, -0.25) is 9.69 Å². The highest BCUT2D eigenvalue weighted by Crippen LogP contribution is 2.34. The van der Waals surface area contributed by atoms with Crippen LogP contribution in [0.2, 0.25) is 0 Å². The molecule has 5 nitrogen and oxygen atoms in total. The fraction of sp³-hybridized carbons (Fsp3) is 0.929. The number of hydrogen-bond donors (Lipinski definition) is 3. The Morgan fingerprint density at radius 2 is 1.89 bits per heavy atom. The minimum atomic E-state index is -0.778. The van der Waals surface area contributed by atoms with Crippen molar-refractivity contribution in [1.29, 1.82) is 0 Å². The molecule has 3 N–H and O–H groups in total. The van der Waals surface area contributed by atoms with Crippen molar-refractivity contribution in [2.45, 2.75) is 56.7 Å². The molecule has 19 heavy (non-hydrogen) atoms. The molecule has 1 saturated carbocycles. The average molecular weight is 271 g/mol. The third-order valence-electron chi connectivity index (χ3n) is 4.54. The molecule has 0 aromatic heterocycles. The molecule has 0 aromatic carbocycles. The Hall–Kier alpha value is -0.650. The number of β-amino-alcohol motifs (C(OH)–C–C–N with tert-alkyl or cyclic N) is 2. The Labute approximate surface area is 114 Å². The van der Waals surface area contributed by atoms with Crippen molar-refractivity contribution in [3.8, 4) is 0 Å². The predicted octanol–water partition coefficient (Wildman–Crippen LogP) is 0.839. The largest absolute Gasteiger partial charge is 0.481 e. The van der Waals surface area contributed by atoms with Crippen LogP contribution in [0.5, 0.6) is 0 Å². The summed E-state index contributed by atoms with van der Waals surface area (Å²) < 4.78 is 0. The van der Waals surface area contributed by atoms with Crippen molar-refractivity contribution >= 4 is 5.97 Å². The van der Waals surface area contributed by atoms with Gasteiger partial charge in [-0.15, -0.1) is 0 Å². The van der Waals surface area contributed by atoms with Crippen molar-refractivity contribution < 1.29 is 20.1 Å². The summed E-state index contributed by atoms with van der Waals surface area (Å²) in [6.07, 6.45) is 3.95. The number of hydrogen-bond acceptors (Lipinski definition) is 4. The number of rotatable bonds is 3. The summed E-state index contributed by atoms with van der Waals surface area (Å²) in [4.78, 5) is 13.0. The minimum Gasteiger partial charge on any atom is -0.481 e. The molecule has 5 heteroatoms. The minimum absolute atomic E-state index is 0.301. The summed E-state index contributed by atoms with van der Waals surface area (Å²) >= 11 is 0.